The standard InChI is InChI=1S/C13H16Cl2N2O3S/c1-21(19,20)17-7-5-9(6-8-17)13(18)16-12-10(14)3-2-4-11(12)15/h2-4,9H,5-8H2,1H3,(H,16,18). The Labute approximate surface area is 134 Å². The number of amides is 1. The number of rotatable bonds is 3. The molecule has 1 saturated heterocycles. The van der Waals surface area contributed by atoms with E-state index in [1.54, 1.807) is 18.2 Å². The third-order valence-electron chi connectivity index (χ3n) is 3.50. The molecule has 0 atom stereocenters. The highest BCUT2D eigenvalue weighted by molar-refractivity contribution is 7.88. The van der Waals surface area contributed by atoms with E-state index in [0.717, 1.165) is 0 Å². The summed E-state index contributed by atoms with van der Waals surface area (Å²) in [6.07, 6.45) is 2.15. The zero-order valence-electron chi connectivity index (χ0n) is 11.5. The number of hydrogen-bond donors (Lipinski definition) is 1. The van der Waals surface area contributed by atoms with E-state index >= 15 is 0 Å². The van der Waals surface area contributed by atoms with Gasteiger partial charge in [0, 0.05) is 19.0 Å². The topological polar surface area (TPSA) is 66.5 Å². The molecule has 0 spiro atoms. The number of para-hydroxylation sites is 1. The maximum Gasteiger partial charge on any atom is 0.227 e. The van der Waals surface area contributed by atoms with Crippen molar-refractivity contribution in [1.82, 2.24) is 4.31 Å². The van der Waals surface area contributed by atoms with Gasteiger partial charge in [-0.15, -0.1) is 0 Å². The van der Waals surface area contributed by atoms with Crippen LogP contribution in [0, 0.1) is 5.92 Å². The summed E-state index contributed by atoms with van der Waals surface area (Å²) in [4.78, 5) is 12.2. The molecule has 21 heavy (non-hydrogen) atoms. The summed E-state index contributed by atoms with van der Waals surface area (Å²) in [7, 11) is -3.19. The summed E-state index contributed by atoms with van der Waals surface area (Å²) in [6, 6.07) is 5.00. The van der Waals surface area contributed by atoms with Crippen LogP contribution >= 0.6 is 23.2 Å². The van der Waals surface area contributed by atoms with Crippen LogP contribution in [-0.2, 0) is 14.8 Å². The van der Waals surface area contributed by atoms with E-state index in [-0.39, 0.29) is 11.8 Å². The third-order valence-corrected chi connectivity index (χ3v) is 5.44. The van der Waals surface area contributed by atoms with Crippen molar-refractivity contribution in [2.75, 3.05) is 24.7 Å². The van der Waals surface area contributed by atoms with Gasteiger partial charge < -0.3 is 5.32 Å². The van der Waals surface area contributed by atoms with Crippen molar-refractivity contribution in [3.63, 3.8) is 0 Å². The third kappa shape index (κ3) is 4.10. The molecule has 5 nitrogen and oxygen atoms in total. The number of hydrogen-bond acceptors (Lipinski definition) is 3. The molecule has 8 heteroatoms. The number of halogens is 2. The first-order chi connectivity index (χ1) is 9.79. The Bertz CT molecular complexity index is 621. The highest BCUT2D eigenvalue weighted by Crippen LogP contribution is 2.31. The van der Waals surface area contributed by atoms with Crippen molar-refractivity contribution in [2.45, 2.75) is 12.8 Å². The van der Waals surface area contributed by atoms with Crippen LogP contribution in [-0.4, -0.2) is 38.0 Å². The molecule has 0 saturated carbocycles. The molecule has 1 amide bonds. The van der Waals surface area contributed by atoms with Gasteiger partial charge in [-0.05, 0) is 25.0 Å². The molecule has 0 radical (unpaired) electrons. The molecule has 0 aliphatic carbocycles. The van der Waals surface area contributed by atoms with Gasteiger partial charge in [-0.2, -0.15) is 0 Å². The van der Waals surface area contributed by atoms with E-state index in [1.807, 2.05) is 0 Å². The SMILES string of the molecule is CS(=O)(=O)N1CCC(C(=O)Nc2c(Cl)cccc2Cl)CC1. The number of carbonyl (C=O) groups is 1. The minimum atomic E-state index is -3.19. The highest BCUT2D eigenvalue weighted by Gasteiger charge is 2.29. The number of carbonyl (C=O) groups excluding carboxylic acids is 1. The molecule has 1 fully saturated rings. The predicted octanol–water partition coefficient (Wildman–Crippen LogP) is 2.60. The van der Waals surface area contributed by atoms with Crippen LogP contribution in [0.25, 0.3) is 0 Å². The Morgan fingerprint density at radius 3 is 2.24 bits per heavy atom. The van der Waals surface area contributed by atoms with Crippen molar-refractivity contribution >= 4 is 44.8 Å². The average Bonchev–Trinajstić information content (AvgIpc) is 2.42. The quantitative estimate of drug-likeness (QED) is 0.910. The fourth-order valence-electron chi connectivity index (χ4n) is 2.29. The second-order valence-electron chi connectivity index (χ2n) is 5.02. The second kappa shape index (κ2) is 6.52. The number of nitrogens with zero attached hydrogens (tertiary/aromatic N) is 1. The Balaban J connectivity index is 2.00. The summed E-state index contributed by atoms with van der Waals surface area (Å²) in [5.74, 6) is -0.423. The van der Waals surface area contributed by atoms with Crippen LogP contribution in [0.5, 0.6) is 0 Å². The van der Waals surface area contributed by atoms with Crippen LogP contribution < -0.4 is 5.32 Å². The van der Waals surface area contributed by atoms with Gasteiger partial charge in [0.15, 0.2) is 0 Å². The molecule has 0 bridgehead atoms. The van der Waals surface area contributed by atoms with Gasteiger partial charge in [-0.1, -0.05) is 29.3 Å². The molecule has 2 rings (SSSR count). The lowest BCUT2D eigenvalue weighted by Gasteiger charge is -2.29. The Kier molecular flexibility index (Phi) is 5.14. The summed E-state index contributed by atoms with van der Waals surface area (Å²) >= 11 is 12.0. The van der Waals surface area contributed by atoms with Gasteiger partial charge >= 0.3 is 0 Å². The Morgan fingerprint density at radius 1 is 1.24 bits per heavy atom. The lowest BCUT2D eigenvalue weighted by Crippen LogP contribution is -2.40. The molecule has 1 aromatic carbocycles. The summed E-state index contributed by atoms with van der Waals surface area (Å²) in [5.41, 5.74) is 0.399. The zero-order chi connectivity index (χ0) is 15.6. The van der Waals surface area contributed by atoms with Crippen molar-refractivity contribution in [3.8, 4) is 0 Å². The van der Waals surface area contributed by atoms with E-state index in [0.29, 0.717) is 41.7 Å². The molecule has 1 aliphatic rings. The first-order valence-corrected chi connectivity index (χ1v) is 9.09. The first-order valence-electron chi connectivity index (χ1n) is 6.49. The van der Waals surface area contributed by atoms with Crippen LogP contribution in [0.2, 0.25) is 10.0 Å². The minimum Gasteiger partial charge on any atom is -0.323 e. The van der Waals surface area contributed by atoms with Gasteiger partial charge in [0.1, 0.15) is 0 Å². The summed E-state index contributed by atoms with van der Waals surface area (Å²) in [6.45, 7) is 0.709. The molecule has 1 N–H and O–H groups in total. The molecular formula is C13H16Cl2N2O3S. The average molecular weight is 351 g/mol. The maximum absolute atomic E-state index is 12.2. The van der Waals surface area contributed by atoms with Crippen LogP contribution in [0.3, 0.4) is 0 Å². The van der Waals surface area contributed by atoms with Crippen molar-refractivity contribution in [3.05, 3.63) is 28.2 Å². The summed E-state index contributed by atoms with van der Waals surface area (Å²) < 4.78 is 24.3. The molecule has 1 aliphatic heterocycles. The molecule has 0 aromatic heterocycles. The van der Waals surface area contributed by atoms with Crippen molar-refractivity contribution in [1.29, 1.82) is 0 Å². The van der Waals surface area contributed by atoms with Crippen molar-refractivity contribution in [2.24, 2.45) is 5.92 Å². The number of anilines is 1. The second-order valence-corrected chi connectivity index (χ2v) is 7.82. The number of sulfonamides is 1. The smallest absolute Gasteiger partial charge is 0.227 e. The van der Waals surface area contributed by atoms with E-state index < -0.39 is 10.0 Å². The lowest BCUT2D eigenvalue weighted by molar-refractivity contribution is -0.120. The molecule has 0 unspecified atom stereocenters. The van der Waals surface area contributed by atoms with E-state index in [1.165, 1.54) is 10.6 Å². The molecule has 1 aromatic rings. The predicted molar refractivity (Wildman–Crippen MR) is 84.2 cm³/mol. The lowest BCUT2D eigenvalue weighted by atomic mass is 9.97. The van der Waals surface area contributed by atoms with Crippen molar-refractivity contribution < 1.29 is 13.2 Å². The van der Waals surface area contributed by atoms with E-state index in [2.05, 4.69) is 5.32 Å². The van der Waals surface area contributed by atoms with Crippen LogP contribution in [0.15, 0.2) is 18.2 Å². The van der Waals surface area contributed by atoms with Gasteiger partial charge in [-0.25, -0.2) is 12.7 Å². The normalized spacial score (nSPS) is 17.7. The monoisotopic (exact) mass is 350 g/mol. The molecular weight excluding hydrogens is 335 g/mol. The van der Waals surface area contributed by atoms with E-state index in [9.17, 15) is 13.2 Å². The van der Waals surface area contributed by atoms with Crippen LogP contribution in [0.4, 0.5) is 5.69 Å². The summed E-state index contributed by atoms with van der Waals surface area (Å²) in [5, 5.41) is 3.49. The number of benzene rings is 1. The van der Waals surface area contributed by atoms with Crippen LogP contribution in [0.1, 0.15) is 12.8 Å². The van der Waals surface area contributed by atoms with Gasteiger partial charge in [0.25, 0.3) is 0 Å². The maximum atomic E-state index is 12.2. The number of nitrogens with one attached hydrogen (secondary N) is 1. The Morgan fingerprint density at radius 2 is 1.76 bits per heavy atom. The zero-order valence-corrected chi connectivity index (χ0v) is 13.8. The largest absolute Gasteiger partial charge is 0.323 e. The molecule has 116 valence electrons. The number of piperidine rings is 1. The fourth-order valence-corrected chi connectivity index (χ4v) is 3.66. The highest BCUT2D eigenvalue weighted by atomic mass is 35.5. The molecule has 1 heterocycles. The fraction of sp³-hybridized carbons (Fsp3) is 0.462. The van der Waals surface area contributed by atoms with Gasteiger partial charge in [0.05, 0.1) is 22.0 Å². The Hall–Kier alpha value is -0.820. The van der Waals surface area contributed by atoms with E-state index in [4.69, 9.17) is 23.2 Å². The van der Waals surface area contributed by atoms with Gasteiger partial charge in [-0.3, -0.25) is 4.79 Å². The minimum absolute atomic E-state index is 0.182. The van der Waals surface area contributed by atoms with Gasteiger partial charge in [0.2, 0.25) is 15.9 Å². The first kappa shape index (κ1) is 16.5.